The average Bonchev–Trinajstić information content (AvgIpc) is 2.93. The van der Waals surface area contributed by atoms with Crippen molar-refractivity contribution in [3.8, 4) is 11.5 Å². The fourth-order valence-corrected chi connectivity index (χ4v) is 4.98. The number of amides is 2. The van der Waals surface area contributed by atoms with Crippen LogP contribution in [0.1, 0.15) is 30.1 Å². The molecule has 1 N–H and O–H groups in total. The molecule has 0 radical (unpaired) electrons. The highest BCUT2D eigenvalue weighted by molar-refractivity contribution is 5.94. The van der Waals surface area contributed by atoms with E-state index in [4.69, 9.17) is 9.47 Å². The van der Waals surface area contributed by atoms with Crippen LogP contribution in [0.5, 0.6) is 11.5 Å². The maximum atomic E-state index is 13.2. The third-order valence-corrected chi connectivity index (χ3v) is 7.22. The molecule has 0 saturated carbocycles. The number of carbonyl (C=O) groups is 3. The van der Waals surface area contributed by atoms with Crippen LogP contribution in [0, 0.1) is 5.92 Å². The number of hydrogen-bond donors (Lipinski definition) is 1. The van der Waals surface area contributed by atoms with Gasteiger partial charge in [-0.05, 0) is 69.3 Å². The van der Waals surface area contributed by atoms with Crippen LogP contribution < -0.4 is 19.7 Å². The van der Waals surface area contributed by atoms with Gasteiger partial charge in [-0.25, -0.2) is 0 Å². The number of rotatable bonds is 8. The van der Waals surface area contributed by atoms with Crippen molar-refractivity contribution in [2.45, 2.75) is 19.8 Å². The largest absolute Gasteiger partial charge is 0.497 e. The normalized spacial score (nSPS) is 16.8. The molecule has 2 aliphatic rings. The molecule has 2 amide bonds. The van der Waals surface area contributed by atoms with E-state index >= 15 is 0 Å². The maximum Gasteiger partial charge on any atom is 0.238 e. The molecule has 0 aliphatic carbocycles. The molecule has 0 atom stereocenters. The van der Waals surface area contributed by atoms with E-state index in [1.54, 1.807) is 39.3 Å². The second kappa shape index (κ2) is 12.1. The number of nitrogens with one attached hydrogen (secondary N) is 1. The molecule has 2 aromatic rings. The summed E-state index contributed by atoms with van der Waals surface area (Å²) in [6, 6.07) is 12.9. The number of nitrogens with zero attached hydrogens (tertiary/aromatic N) is 3. The number of piperidine rings is 1. The summed E-state index contributed by atoms with van der Waals surface area (Å²) in [6.07, 6.45) is 1.51. The quantitative estimate of drug-likeness (QED) is 0.549. The Bertz CT molecular complexity index is 1100. The Labute approximate surface area is 218 Å². The zero-order valence-corrected chi connectivity index (χ0v) is 21.9. The van der Waals surface area contributed by atoms with Gasteiger partial charge in [0.25, 0.3) is 0 Å². The van der Waals surface area contributed by atoms with E-state index in [2.05, 4.69) is 15.1 Å². The van der Waals surface area contributed by atoms with Crippen LogP contribution in [0.4, 0.5) is 11.4 Å². The van der Waals surface area contributed by atoms with Crippen molar-refractivity contribution in [3.05, 3.63) is 48.0 Å². The van der Waals surface area contributed by atoms with Crippen molar-refractivity contribution in [3.63, 3.8) is 0 Å². The van der Waals surface area contributed by atoms with Crippen molar-refractivity contribution in [2.24, 2.45) is 5.92 Å². The van der Waals surface area contributed by atoms with E-state index in [0.717, 1.165) is 31.6 Å². The third-order valence-electron chi connectivity index (χ3n) is 7.22. The Morgan fingerprint density at radius 3 is 2.16 bits per heavy atom. The van der Waals surface area contributed by atoms with Crippen molar-refractivity contribution in [1.82, 2.24) is 9.80 Å². The first-order valence-corrected chi connectivity index (χ1v) is 12.8. The van der Waals surface area contributed by atoms with Gasteiger partial charge in [-0.2, -0.15) is 0 Å². The average molecular weight is 509 g/mol. The smallest absolute Gasteiger partial charge is 0.238 e. The standard InChI is InChI=1S/C28H36N4O5/c1-20(33)21-4-6-23(7-5-21)31-14-16-32(17-15-31)28(35)22-10-12-30(13-11-22)19-27(34)29-25-9-8-24(36-2)18-26(25)37-3/h4-9,18,22H,10-17,19H2,1-3H3,(H,29,34). The Hall–Kier alpha value is -3.59. The molecule has 0 aromatic heterocycles. The molecule has 2 saturated heterocycles. The van der Waals surface area contributed by atoms with Crippen LogP contribution >= 0.6 is 0 Å². The first-order chi connectivity index (χ1) is 17.9. The van der Waals surface area contributed by atoms with Crippen molar-refractivity contribution < 1.29 is 23.9 Å². The van der Waals surface area contributed by atoms with Gasteiger partial charge in [0.1, 0.15) is 11.5 Å². The summed E-state index contributed by atoms with van der Waals surface area (Å²) in [4.78, 5) is 43.6. The van der Waals surface area contributed by atoms with Crippen molar-refractivity contribution in [2.75, 3.05) is 70.2 Å². The lowest BCUT2D eigenvalue weighted by Gasteiger charge is -2.39. The van der Waals surface area contributed by atoms with Gasteiger partial charge in [0.05, 0.1) is 26.5 Å². The van der Waals surface area contributed by atoms with Crippen LogP contribution in [-0.4, -0.2) is 87.4 Å². The van der Waals surface area contributed by atoms with E-state index in [1.807, 2.05) is 29.2 Å². The van der Waals surface area contributed by atoms with Gasteiger partial charge in [-0.1, -0.05) is 0 Å². The molecule has 9 nitrogen and oxygen atoms in total. The number of methoxy groups -OCH3 is 2. The second-order valence-electron chi connectivity index (χ2n) is 9.58. The number of anilines is 2. The van der Waals surface area contributed by atoms with Crippen molar-refractivity contribution in [1.29, 1.82) is 0 Å². The van der Waals surface area contributed by atoms with E-state index in [9.17, 15) is 14.4 Å². The molecule has 2 fully saturated rings. The summed E-state index contributed by atoms with van der Waals surface area (Å²) >= 11 is 0. The molecule has 0 spiro atoms. The lowest BCUT2D eigenvalue weighted by molar-refractivity contribution is -0.137. The Kier molecular flexibility index (Phi) is 8.66. The zero-order chi connectivity index (χ0) is 26.4. The molecule has 0 bridgehead atoms. The summed E-state index contributed by atoms with van der Waals surface area (Å²) in [5.41, 5.74) is 2.39. The van der Waals surface area contributed by atoms with Gasteiger partial charge >= 0.3 is 0 Å². The highest BCUT2D eigenvalue weighted by Gasteiger charge is 2.31. The molecule has 9 heteroatoms. The molecule has 0 unspecified atom stereocenters. The summed E-state index contributed by atoms with van der Waals surface area (Å²) < 4.78 is 10.6. The lowest BCUT2D eigenvalue weighted by atomic mass is 9.95. The first-order valence-electron chi connectivity index (χ1n) is 12.8. The highest BCUT2D eigenvalue weighted by atomic mass is 16.5. The van der Waals surface area contributed by atoms with Crippen LogP contribution in [-0.2, 0) is 9.59 Å². The predicted molar refractivity (Wildman–Crippen MR) is 143 cm³/mol. The Morgan fingerprint density at radius 2 is 1.57 bits per heavy atom. The number of Topliss-reactive ketones (excluding diaryl/α,β-unsaturated/α-hetero) is 1. The number of benzene rings is 2. The monoisotopic (exact) mass is 508 g/mol. The minimum Gasteiger partial charge on any atom is -0.497 e. The lowest BCUT2D eigenvalue weighted by Crippen LogP contribution is -2.52. The SMILES string of the molecule is COc1ccc(NC(=O)CN2CCC(C(=O)N3CCN(c4ccc(C(C)=O)cc4)CC3)CC2)c(OC)c1. The summed E-state index contributed by atoms with van der Waals surface area (Å²) in [5.74, 6) is 1.38. The van der Waals surface area contributed by atoms with Gasteiger partial charge in [-0.3, -0.25) is 19.3 Å². The molecular formula is C28H36N4O5. The molecule has 4 rings (SSSR count). The van der Waals surface area contributed by atoms with Crippen LogP contribution in [0.3, 0.4) is 0 Å². The van der Waals surface area contributed by atoms with Gasteiger partial charge in [0.15, 0.2) is 5.78 Å². The molecule has 198 valence electrons. The van der Waals surface area contributed by atoms with Gasteiger partial charge in [0.2, 0.25) is 11.8 Å². The number of piperazine rings is 1. The van der Waals surface area contributed by atoms with E-state index < -0.39 is 0 Å². The summed E-state index contributed by atoms with van der Waals surface area (Å²) in [5, 5.41) is 2.91. The summed E-state index contributed by atoms with van der Waals surface area (Å²) in [7, 11) is 3.14. The molecule has 2 aromatic carbocycles. The Morgan fingerprint density at radius 1 is 0.892 bits per heavy atom. The predicted octanol–water partition coefficient (Wildman–Crippen LogP) is 2.91. The van der Waals surface area contributed by atoms with Gasteiger partial charge < -0.3 is 24.6 Å². The Balaban J connectivity index is 1.21. The minimum absolute atomic E-state index is 0.00222. The number of likely N-dealkylation sites (tertiary alicyclic amines) is 1. The van der Waals surface area contributed by atoms with E-state index in [1.165, 1.54) is 0 Å². The minimum atomic E-state index is -0.110. The van der Waals surface area contributed by atoms with E-state index in [-0.39, 0.29) is 30.1 Å². The third kappa shape index (κ3) is 6.60. The highest BCUT2D eigenvalue weighted by Crippen LogP contribution is 2.29. The topological polar surface area (TPSA) is 91.4 Å². The van der Waals surface area contributed by atoms with Crippen molar-refractivity contribution >= 4 is 29.0 Å². The molecular weight excluding hydrogens is 472 g/mol. The van der Waals surface area contributed by atoms with Crippen LogP contribution in [0.2, 0.25) is 0 Å². The van der Waals surface area contributed by atoms with E-state index in [0.29, 0.717) is 48.9 Å². The summed E-state index contributed by atoms with van der Waals surface area (Å²) in [6.45, 7) is 6.21. The van der Waals surface area contributed by atoms with Gasteiger partial charge in [0, 0.05) is 49.4 Å². The molecule has 2 aliphatic heterocycles. The molecule has 2 heterocycles. The maximum absolute atomic E-state index is 13.2. The fourth-order valence-electron chi connectivity index (χ4n) is 4.98. The number of ketones is 1. The number of hydrogen-bond acceptors (Lipinski definition) is 7. The number of ether oxygens (including phenoxy) is 2. The zero-order valence-electron chi connectivity index (χ0n) is 21.9. The second-order valence-corrected chi connectivity index (χ2v) is 9.58. The van der Waals surface area contributed by atoms with Crippen LogP contribution in [0.25, 0.3) is 0 Å². The number of carbonyl (C=O) groups excluding carboxylic acids is 3. The molecule has 37 heavy (non-hydrogen) atoms. The van der Waals surface area contributed by atoms with Gasteiger partial charge in [-0.15, -0.1) is 0 Å². The van der Waals surface area contributed by atoms with Crippen LogP contribution in [0.15, 0.2) is 42.5 Å². The fraction of sp³-hybridized carbons (Fsp3) is 0.464. The first kappa shape index (κ1) is 26.5.